The molecule has 3 unspecified atom stereocenters. The number of likely N-dealkylation sites (N-methyl/N-ethyl adjacent to an activating group) is 1. The van der Waals surface area contributed by atoms with Crippen LogP contribution in [0.25, 0.3) is 0 Å². The van der Waals surface area contributed by atoms with E-state index in [4.69, 9.17) is 0 Å². The van der Waals surface area contributed by atoms with E-state index in [2.05, 4.69) is 39.6 Å². The summed E-state index contributed by atoms with van der Waals surface area (Å²) < 4.78 is 0. The second-order valence-electron chi connectivity index (χ2n) is 6.38. The van der Waals surface area contributed by atoms with Gasteiger partial charge in [0.1, 0.15) is 0 Å². The second kappa shape index (κ2) is 6.19. The highest BCUT2D eigenvalue weighted by molar-refractivity contribution is 4.91. The Hall–Kier alpha value is -0.0800. The molecule has 1 aliphatic rings. The zero-order valence-corrected chi connectivity index (χ0v) is 12.4. The van der Waals surface area contributed by atoms with Crippen molar-refractivity contribution in [2.24, 2.45) is 5.92 Å². The van der Waals surface area contributed by atoms with Crippen molar-refractivity contribution >= 4 is 0 Å². The molecule has 0 radical (unpaired) electrons. The third-order valence-corrected chi connectivity index (χ3v) is 4.90. The quantitative estimate of drug-likeness (QED) is 0.797. The molecule has 1 fully saturated rings. The van der Waals surface area contributed by atoms with Crippen LogP contribution in [0.1, 0.15) is 66.2 Å². The van der Waals surface area contributed by atoms with Crippen molar-refractivity contribution in [1.82, 2.24) is 4.90 Å². The summed E-state index contributed by atoms with van der Waals surface area (Å²) in [5.41, 5.74) is 0.194. The van der Waals surface area contributed by atoms with Crippen molar-refractivity contribution < 1.29 is 5.11 Å². The van der Waals surface area contributed by atoms with Crippen LogP contribution in [-0.4, -0.2) is 34.7 Å². The summed E-state index contributed by atoms with van der Waals surface area (Å²) in [4.78, 5) is 2.42. The fourth-order valence-corrected chi connectivity index (χ4v) is 3.00. The Kier molecular flexibility index (Phi) is 5.46. The lowest BCUT2D eigenvalue weighted by Crippen LogP contribution is -2.54. The van der Waals surface area contributed by atoms with E-state index in [1.807, 2.05) is 0 Å². The zero-order valence-electron chi connectivity index (χ0n) is 12.4. The molecule has 0 aliphatic heterocycles. The first kappa shape index (κ1) is 15.0. The van der Waals surface area contributed by atoms with Gasteiger partial charge in [0.15, 0.2) is 0 Å². The summed E-state index contributed by atoms with van der Waals surface area (Å²) in [6.45, 7) is 9.06. The van der Waals surface area contributed by atoms with E-state index in [0.29, 0.717) is 6.04 Å². The topological polar surface area (TPSA) is 23.5 Å². The van der Waals surface area contributed by atoms with Gasteiger partial charge in [0, 0.05) is 11.6 Å². The van der Waals surface area contributed by atoms with Crippen molar-refractivity contribution in [3.8, 4) is 0 Å². The molecular formula is C15H31NO. The molecule has 1 N–H and O–H groups in total. The van der Waals surface area contributed by atoms with Crippen LogP contribution < -0.4 is 0 Å². The molecule has 0 heterocycles. The first-order chi connectivity index (χ1) is 7.92. The van der Waals surface area contributed by atoms with Gasteiger partial charge in [0.2, 0.25) is 0 Å². The zero-order chi connectivity index (χ0) is 13.1. The second-order valence-corrected chi connectivity index (χ2v) is 6.38. The Morgan fingerprint density at radius 2 is 1.88 bits per heavy atom. The molecule has 1 rings (SSSR count). The molecule has 17 heavy (non-hydrogen) atoms. The minimum absolute atomic E-state index is 0.126. The molecule has 0 aromatic carbocycles. The Balaban J connectivity index is 2.66. The molecule has 2 nitrogen and oxygen atoms in total. The molecule has 1 saturated carbocycles. The number of aliphatic hydroxyl groups excluding tert-OH is 1. The van der Waals surface area contributed by atoms with E-state index in [-0.39, 0.29) is 11.6 Å². The largest absolute Gasteiger partial charge is 0.391 e. The van der Waals surface area contributed by atoms with Crippen LogP contribution in [0.4, 0.5) is 0 Å². The maximum Gasteiger partial charge on any atom is 0.0695 e. The van der Waals surface area contributed by atoms with Crippen LogP contribution in [0.15, 0.2) is 0 Å². The van der Waals surface area contributed by atoms with E-state index >= 15 is 0 Å². The van der Waals surface area contributed by atoms with E-state index in [1.165, 1.54) is 25.7 Å². The van der Waals surface area contributed by atoms with Crippen LogP contribution in [0.5, 0.6) is 0 Å². The molecule has 0 aromatic rings. The molecule has 0 bridgehead atoms. The predicted octanol–water partition coefficient (Wildman–Crippen LogP) is 3.44. The number of aliphatic hydroxyl groups is 1. The maximum absolute atomic E-state index is 10.2. The Bertz CT molecular complexity index is 227. The first-order valence-corrected chi connectivity index (χ1v) is 7.33. The highest BCUT2D eigenvalue weighted by Crippen LogP contribution is 2.33. The average Bonchev–Trinajstić information content (AvgIpc) is 2.31. The Morgan fingerprint density at radius 1 is 1.24 bits per heavy atom. The molecule has 0 aromatic heterocycles. The van der Waals surface area contributed by atoms with Crippen molar-refractivity contribution in [3.63, 3.8) is 0 Å². The fourth-order valence-electron chi connectivity index (χ4n) is 3.00. The summed E-state index contributed by atoms with van der Waals surface area (Å²) >= 11 is 0. The lowest BCUT2D eigenvalue weighted by molar-refractivity contribution is -0.0284. The molecule has 1 aliphatic carbocycles. The van der Waals surface area contributed by atoms with Crippen molar-refractivity contribution in [2.75, 3.05) is 7.05 Å². The molecular weight excluding hydrogens is 210 g/mol. The normalized spacial score (nSPS) is 30.9. The van der Waals surface area contributed by atoms with Gasteiger partial charge in [-0.05, 0) is 52.5 Å². The number of hydrogen-bond donors (Lipinski definition) is 1. The van der Waals surface area contributed by atoms with E-state index in [9.17, 15) is 5.11 Å². The van der Waals surface area contributed by atoms with Gasteiger partial charge in [-0.15, -0.1) is 0 Å². The van der Waals surface area contributed by atoms with Crippen LogP contribution in [0.2, 0.25) is 0 Å². The molecule has 102 valence electrons. The monoisotopic (exact) mass is 241 g/mol. The van der Waals surface area contributed by atoms with Gasteiger partial charge in [-0.1, -0.05) is 26.7 Å². The standard InChI is InChI=1S/C15H31NO/c1-6-8-12-9-10-14(17)13(11-12)16(5)15(3,4)7-2/h12-14,17H,6-11H2,1-5H3. The minimum atomic E-state index is -0.126. The van der Waals surface area contributed by atoms with Crippen molar-refractivity contribution in [2.45, 2.75) is 83.9 Å². The maximum atomic E-state index is 10.2. The van der Waals surface area contributed by atoms with Gasteiger partial charge in [0.05, 0.1) is 6.10 Å². The van der Waals surface area contributed by atoms with Crippen molar-refractivity contribution in [1.29, 1.82) is 0 Å². The van der Waals surface area contributed by atoms with E-state index in [0.717, 1.165) is 18.8 Å². The highest BCUT2D eigenvalue weighted by Gasteiger charge is 2.36. The lowest BCUT2D eigenvalue weighted by atomic mass is 9.79. The molecule has 3 atom stereocenters. The molecule has 0 spiro atoms. The molecule has 2 heteroatoms. The highest BCUT2D eigenvalue weighted by atomic mass is 16.3. The van der Waals surface area contributed by atoms with Crippen molar-refractivity contribution in [3.05, 3.63) is 0 Å². The van der Waals surface area contributed by atoms with Gasteiger partial charge >= 0.3 is 0 Å². The molecule has 0 amide bonds. The minimum Gasteiger partial charge on any atom is -0.391 e. The predicted molar refractivity (Wildman–Crippen MR) is 74.2 cm³/mol. The smallest absolute Gasteiger partial charge is 0.0695 e. The van der Waals surface area contributed by atoms with Gasteiger partial charge in [-0.3, -0.25) is 4.90 Å². The summed E-state index contributed by atoms with van der Waals surface area (Å²) in [5, 5.41) is 10.2. The Labute approximate surface area is 107 Å². The number of rotatable bonds is 5. The van der Waals surface area contributed by atoms with Crippen LogP contribution in [-0.2, 0) is 0 Å². The number of hydrogen-bond acceptors (Lipinski definition) is 2. The van der Waals surface area contributed by atoms with Crippen LogP contribution in [0, 0.1) is 5.92 Å². The average molecular weight is 241 g/mol. The van der Waals surface area contributed by atoms with Gasteiger partial charge < -0.3 is 5.11 Å². The lowest BCUT2D eigenvalue weighted by Gasteiger charge is -2.46. The third kappa shape index (κ3) is 3.69. The summed E-state index contributed by atoms with van der Waals surface area (Å²) in [6, 6.07) is 0.357. The fraction of sp³-hybridized carbons (Fsp3) is 1.00. The first-order valence-electron chi connectivity index (χ1n) is 7.33. The van der Waals surface area contributed by atoms with E-state index < -0.39 is 0 Å². The summed E-state index contributed by atoms with van der Waals surface area (Å²) in [7, 11) is 2.19. The number of nitrogens with zero attached hydrogens (tertiary/aromatic N) is 1. The summed E-state index contributed by atoms with van der Waals surface area (Å²) in [5.74, 6) is 0.823. The van der Waals surface area contributed by atoms with E-state index in [1.54, 1.807) is 0 Å². The van der Waals surface area contributed by atoms with Gasteiger partial charge in [-0.25, -0.2) is 0 Å². The SMILES string of the molecule is CCCC1CCC(O)C(N(C)C(C)(C)CC)C1. The Morgan fingerprint density at radius 3 is 2.41 bits per heavy atom. The van der Waals surface area contributed by atoms with Gasteiger partial charge in [-0.2, -0.15) is 0 Å². The summed E-state index contributed by atoms with van der Waals surface area (Å²) in [6.07, 6.45) is 6.97. The van der Waals surface area contributed by atoms with Crippen LogP contribution in [0.3, 0.4) is 0 Å². The third-order valence-electron chi connectivity index (χ3n) is 4.90. The van der Waals surface area contributed by atoms with Gasteiger partial charge in [0.25, 0.3) is 0 Å². The van der Waals surface area contributed by atoms with Crippen LogP contribution >= 0.6 is 0 Å². The molecule has 0 saturated heterocycles.